The second-order valence-corrected chi connectivity index (χ2v) is 4.33. The molecule has 2 heterocycles. The molecule has 2 aromatic heterocycles. The summed E-state index contributed by atoms with van der Waals surface area (Å²) in [5, 5.41) is 5.25. The van der Waals surface area contributed by atoms with Crippen LogP contribution in [0.25, 0.3) is 5.52 Å². The minimum atomic E-state index is 0.756. The third-order valence-electron chi connectivity index (χ3n) is 2.33. The first-order valence-corrected chi connectivity index (χ1v) is 5.85. The molecule has 0 fully saturated rings. The van der Waals surface area contributed by atoms with Gasteiger partial charge in [0.25, 0.3) is 0 Å². The molecule has 5 heteroatoms. The van der Waals surface area contributed by atoms with Crippen LogP contribution in [-0.4, -0.2) is 30.0 Å². The Bertz CT molecular complexity index is 489. The quantitative estimate of drug-likeness (QED) is 0.786. The Morgan fingerprint density at radius 2 is 2.20 bits per heavy atom. The molecule has 0 amide bonds. The number of fused-ring (bicyclic) bond motifs is 1. The summed E-state index contributed by atoms with van der Waals surface area (Å²) in [7, 11) is 4.02. The van der Waals surface area contributed by atoms with E-state index in [0.717, 1.165) is 21.9 Å². The molecule has 0 bridgehead atoms. The zero-order valence-corrected chi connectivity index (χ0v) is 9.88. The predicted octanol–water partition coefficient (Wildman–Crippen LogP) is 1.70. The van der Waals surface area contributed by atoms with E-state index in [2.05, 4.69) is 5.10 Å². The van der Waals surface area contributed by atoms with E-state index in [1.165, 1.54) is 0 Å². The highest BCUT2D eigenvalue weighted by Gasteiger charge is 2.09. The van der Waals surface area contributed by atoms with Gasteiger partial charge in [-0.2, -0.15) is 5.10 Å². The van der Waals surface area contributed by atoms with Crippen LogP contribution in [0.5, 0.6) is 0 Å². The Morgan fingerprint density at radius 1 is 1.47 bits per heavy atom. The van der Waals surface area contributed by atoms with E-state index >= 15 is 0 Å². The number of hydrogen-bond donors (Lipinski definition) is 1. The topological polar surface area (TPSA) is 46.6 Å². The van der Waals surface area contributed by atoms with Crippen LogP contribution in [0.1, 0.15) is 0 Å². The molecule has 0 aliphatic rings. The lowest BCUT2D eigenvalue weighted by atomic mass is 10.3. The Morgan fingerprint density at radius 3 is 2.80 bits per heavy atom. The smallest absolute Gasteiger partial charge is 0.142 e. The van der Waals surface area contributed by atoms with Gasteiger partial charge in [-0.15, -0.1) is 11.8 Å². The Balaban J connectivity index is 2.65. The van der Waals surface area contributed by atoms with Gasteiger partial charge in [0.2, 0.25) is 0 Å². The van der Waals surface area contributed by atoms with Crippen LogP contribution in [0.15, 0.2) is 23.4 Å². The van der Waals surface area contributed by atoms with E-state index in [0.29, 0.717) is 0 Å². The zero-order chi connectivity index (χ0) is 11.0. The van der Waals surface area contributed by atoms with Gasteiger partial charge in [-0.3, -0.25) is 0 Å². The van der Waals surface area contributed by atoms with Crippen molar-refractivity contribution in [1.82, 2.24) is 9.61 Å². The van der Waals surface area contributed by atoms with Gasteiger partial charge < -0.3 is 10.6 Å². The monoisotopic (exact) mass is 222 g/mol. The highest BCUT2D eigenvalue weighted by molar-refractivity contribution is 7.98. The van der Waals surface area contributed by atoms with Gasteiger partial charge in [-0.25, -0.2) is 4.52 Å². The fourth-order valence-electron chi connectivity index (χ4n) is 1.46. The van der Waals surface area contributed by atoms with E-state index in [4.69, 9.17) is 5.73 Å². The first kappa shape index (κ1) is 10.2. The second-order valence-electron chi connectivity index (χ2n) is 3.53. The maximum atomic E-state index is 6.00. The SMILES string of the molecule is CSc1nn2ccc(N(C)C)cc2c1N. The molecule has 2 rings (SSSR count). The standard InChI is InChI=1S/C10H14N4S/c1-13(2)7-4-5-14-8(6-7)9(11)10(12-14)15-3/h4-6H,11H2,1-3H3. The Labute approximate surface area is 93.1 Å². The van der Waals surface area contributed by atoms with E-state index in [9.17, 15) is 0 Å². The highest BCUT2D eigenvalue weighted by Crippen LogP contribution is 2.27. The summed E-state index contributed by atoms with van der Waals surface area (Å²) < 4.78 is 1.81. The summed E-state index contributed by atoms with van der Waals surface area (Å²) in [6, 6.07) is 4.06. The molecule has 0 unspecified atom stereocenters. The van der Waals surface area contributed by atoms with E-state index in [1.807, 2.05) is 48.1 Å². The molecule has 4 nitrogen and oxygen atoms in total. The molecule has 0 saturated carbocycles. The molecule has 0 aliphatic carbocycles. The molecule has 0 saturated heterocycles. The molecule has 0 radical (unpaired) electrons. The van der Waals surface area contributed by atoms with Crippen molar-refractivity contribution in [2.75, 3.05) is 31.0 Å². The third-order valence-corrected chi connectivity index (χ3v) is 3.02. The predicted molar refractivity (Wildman–Crippen MR) is 65.7 cm³/mol. The number of nitrogen functional groups attached to an aromatic ring is 1. The van der Waals surface area contributed by atoms with Crippen molar-refractivity contribution in [3.63, 3.8) is 0 Å². The molecule has 2 aromatic rings. The van der Waals surface area contributed by atoms with Gasteiger partial charge in [0.1, 0.15) is 5.03 Å². The number of pyridine rings is 1. The van der Waals surface area contributed by atoms with Crippen molar-refractivity contribution in [3.05, 3.63) is 18.3 Å². The minimum absolute atomic E-state index is 0.756. The van der Waals surface area contributed by atoms with Gasteiger partial charge in [0.15, 0.2) is 0 Å². The molecule has 0 spiro atoms. The van der Waals surface area contributed by atoms with Gasteiger partial charge in [-0.1, -0.05) is 0 Å². The average molecular weight is 222 g/mol. The summed E-state index contributed by atoms with van der Waals surface area (Å²) in [6.07, 6.45) is 3.91. The average Bonchev–Trinajstić information content (AvgIpc) is 2.55. The summed E-state index contributed by atoms with van der Waals surface area (Å²) in [6.45, 7) is 0. The lowest BCUT2D eigenvalue weighted by Gasteiger charge is -2.11. The maximum absolute atomic E-state index is 6.00. The van der Waals surface area contributed by atoms with Crippen LogP contribution in [0.3, 0.4) is 0 Å². The Hall–Kier alpha value is -1.36. The van der Waals surface area contributed by atoms with Gasteiger partial charge >= 0.3 is 0 Å². The normalized spacial score (nSPS) is 10.9. The van der Waals surface area contributed by atoms with Crippen molar-refractivity contribution in [1.29, 1.82) is 0 Å². The number of anilines is 2. The molecular weight excluding hydrogens is 208 g/mol. The highest BCUT2D eigenvalue weighted by atomic mass is 32.2. The first-order valence-electron chi connectivity index (χ1n) is 4.62. The minimum Gasteiger partial charge on any atom is -0.395 e. The molecule has 0 aromatic carbocycles. The number of aromatic nitrogens is 2. The fourth-order valence-corrected chi connectivity index (χ4v) is 1.95. The number of thioether (sulfide) groups is 1. The first-order chi connectivity index (χ1) is 7.13. The summed E-state index contributed by atoms with van der Waals surface area (Å²) in [5.74, 6) is 0. The zero-order valence-electron chi connectivity index (χ0n) is 9.06. The van der Waals surface area contributed by atoms with Gasteiger partial charge in [-0.05, 0) is 18.4 Å². The maximum Gasteiger partial charge on any atom is 0.142 e. The lowest BCUT2D eigenvalue weighted by molar-refractivity contribution is 0.901. The molecule has 80 valence electrons. The number of nitrogens with zero attached hydrogens (tertiary/aromatic N) is 3. The van der Waals surface area contributed by atoms with Crippen molar-refractivity contribution in [3.8, 4) is 0 Å². The summed E-state index contributed by atoms with van der Waals surface area (Å²) >= 11 is 1.56. The van der Waals surface area contributed by atoms with Crippen molar-refractivity contribution in [2.24, 2.45) is 0 Å². The third kappa shape index (κ3) is 1.63. The molecule has 15 heavy (non-hydrogen) atoms. The number of rotatable bonds is 2. The molecule has 0 aliphatic heterocycles. The van der Waals surface area contributed by atoms with Crippen molar-refractivity contribution in [2.45, 2.75) is 5.03 Å². The van der Waals surface area contributed by atoms with Crippen LogP contribution < -0.4 is 10.6 Å². The van der Waals surface area contributed by atoms with E-state index < -0.39 is 0 Å². The second kappa shape index (κ2) is 3.66. The molecule has 0 atom stereocenters. The number of hydrogen-bond acceptors (Lipinski definition) is 4. The van der Waals surface area contributed by atoms with Gasteiger partial charge in [0, 0.05) is 26.0 Å². The van der Waals surface area contributed by atoms with Crippen molar-refractivity contribution < 1.29 is 0 Å². The van der Waals surface area contributed by atoms with Crippen LogP contribution in [0.2, 0.25) is 0 Å². The fraction of sp³-hybridized carbons (Fsp3) is 0.300. The Kier molecular flexibility index (Phi) is 2.48. The molecular formula is C10H14N4S. The largest absolute Gasteiger partial charge is 0.395 e. The van der Waals surface area contributed by atoms with Crippen LogP contribution in [0.4, 0.5) is 11.4 Å². The van der Waals surface area contributed by atoms with Crippen molar-refractivity contribution >= 4 is 28.7 Å². The summed E-state index contributed by atoms with van der Waals surface area (Å²) in [4.78, 5) is 2.05. The van der Waals surface area contributed by atoms with Gasteiger partial charge in [0.05, 0.1) is 11.2 Å². The van der Waals surface area contributed by atoms with Crippen LogP contribution in [0, 0.1) is 0 Å². The summed E-state index contributed by atoms with van der Waals surface area (Å²) in [5.41, 5.74) is 8.84. The van der Waals surface area contributed by atoms with Crippen LogP contribution >= 0.6 is 11.8 Å². The van der Waals surface area contributed by atoms with E-state index in [-0.39, 0.29) is 0 Å². The molecule has 2 N–H and O–H groups in total. The lowest BCUT2D eigenvalue weighted by Crippen LogP contribution is -2.08. The number of nitrogens with two attached hydrogens (primary N) is 1. The van der Waals surface area contributed by atoms with E-state index in [1.54, 1.807) is 11.8 Å². The van der Waals surface area contributed by atoms with Crippen LogP contribution in [-0.2, 0) is 0 Å².